The van der Waals surface area contributed by atoms with E-state index < -0.39 is 6.10 Å². The minimum absolute atomic E-state index is 0.0484. The molecular formula is C17H26N2O4. The van der Waals surface area contributed by atoms with Crippen molar-refractivity contribution in [3.63, 3.8) is 0 Å². The van der Waals surface area contributed by atoms with Gasteiger partial charge >= 0.3 is 0 Å². The Morgan fingerprint density at radius 1 is 1.30 bits per heavy atom. The average Bonchev–Trinajstić information content (AvgIpc) is 2.51. The Balaban J connectivity index is 1.66. The molecule has 1 aromatic rings. The highest BCUT2D eigenvalue weighted by Gasteiger charge is 2.15. The second kappa shape index (κ2) is 8.86. The van der Waals surface area contributed by atoms with E-state index >= 15 is 0 Å². The summed E-state index contributed by atoms with van der Waals surface area (Å²) in [6.45, 7) is 7.73. The number of nitrogens with zero attached hydrogens (tertiary/aromatic N) is 1. The summed E-state index contributed by atoms with van der Waals surface area (Å²) < 4.78 is 10.8. The van der Waals surface area contributed by atoms with E-state index in [-0.39, 0.29) is 19.1 Å². The van der Waals surface area contributed by atoms with E-state index in [1.807, 2.05) is 26.0 Å². The number of aliphatic hydroxyl groups is 1. The number of rotatable bonds is 7. The van der Waals surface area contributed by atoms with Gasteiger partial charge in [-0.15, -0.1) is 0 Å². The molecule has 6 heteroatoms. The van der Waals surface area contributed by atoms with Crippen LogP contribution in [0.25, 0.3) is 0 Å². The molecule has 23 heavy (non-hydrogen) atoms. The Kier molecular flexibility index (Phi) is 6.83. The second-order valence-corrected chi connectivity index (χ2v) is 5.98. The lowest BCUT2D eigenvalue weighted by Gasteiger charge is -2.28. The number of carbonyl (C=O) groups is 1. The molecule has 0 radical (unpaired) electrons. The Bertz CT molecular complexity index is 495. The SMILES string of the molecule is Cc1cc(C)cc(OCC(=O)NC[C@@H](O)CN2CCOCC2)c1. The summed E-state index contributed by atoms with van der Waals surface area (Å²) in [5, 5.41) is 12.7. The highest BCUT2D eigenvalue weighted by molar-refractivity contribution is 5.77. The van der Waals surface area contributed by atoms with Gasteiger partial charge in [0.05, 0.1) is 19.3 Å². The second-order valence-electron chi connectivity index (χ2n) is 5.98. The number of aryl methyl sites for hydroxylation is 2. The number of morpholine rings is 1. The van der Waals surface area contributed by atoms with Crippen LogP contribution in [-0.4, -0.2) is 68.0 Å². The fourth-order valence-electron chi connectivity index (χ4n) is 2.59. The van der Waals surface area contributed by atoms with E-state index in [0.717, 1.165) is 24.2 Å². The Hall–Kier alpha value is -1.63. The molecular weight excluding hydrogens is 296 g/mol. The zero-order chi connectivity index (χ0) is 16.7. The molecule has 1 aliphatic heterocycles. The maximum atomic E-state index is 11.8. The quantitative estimate of drug-likeness (QED) is 0.765. The minimum Gasteiger partial charge on any atom is -0.484 e. The summed E-state index contributed by atoms with van der Waals surface area (Å²) >= 11 is 0. The first-order valence-corrected chi connectivity index (χ1v) is 7.99. The summed E-state index contributed by atoms with van der Waals surface area (Å²) in [7, 11) is 0. The van der Waals surface area contributed by atoms with E-state index in [4.69, 9.17) is 9.47 Å². The molecule has 6 nitrogen and oxygen atoms in total. The van der Waals surface area contributed by atoms with Crippen LogP contribution in [-0.2, 0) is 9.53 Å². The molecule has 0 aromatic heterocycles. The van der Waals surface area contributed by atoms with Crippen molar-refractivity contribution in [1.29, 1.82) is 0 Å². The molecule has 0 saturated carbocycles. The van der Waals surface area contributed by atoms with Crippen molar-refractivity contribution in [2.24, 2.45) is 0 Å². The number of β-amino-alcohol motifs (C(OH)–C–C–N with tert-alkyl or cyclic N) is 1. The third kappa shape index (κ3) is 6.56. The number of nitrogens with one attached hydrogen (secondary N) is 1. The maximum absolute atomic E-state index is 11.8. The van der Waals surface area contributed by atoms with Gasteiger partial charge in [0.2, 0.25) is 0 Å². The first-order valence-electron chi connectivity index (χ1n) is 7.99. The molecule has 2 N–H and O–H groups in total. The van der Waals surface area contributed by atoms with Crippen molar-refractivity contribution >= 4 is 5.91 Å². The predicted molar refractivity (Wildman–Crippen MR) is 87.7 cm³/mol. The molecule has 0 bridgehead atoms. The summed E-state index contributed by atoms with van der Waals surface area (Å²) in [4.78, 5) is 13.9. The van der Waals surface area contributed by atoms with E-state index in [2.05, 4.69) is 16.3 Å². The lowest BCUT2D eigenvalue weighted by Crippen LogP contribution is -2.45. The molecule has 1 aliphatic rings. The van der Waals surface area contributed by atoms with Crippen molar-refractivity contribution in [1.82, 2.24) is 10.2 Å². The van der Waals surface area contributed by atoms with Crippen LogP contribution in [0.2, 0.25) is 0 Å². The summed E-state index contributed by atoms with van der Waals surface area (Å²) in [6, 6.07) is 5.84. The van der Waals surface area contributed by atoms with E-state index in [1.165, 1.54) is 0 Å². The predicted octanol–water partition coefficient (Wildman–Crippen LogP) is 0.492. The van der Waals surface area contributed by atoms with Crippen LogP contribution in [0.15, 0.2) is 18.2 Å². The fraction of sp³-hybridized carbons (Fsp3) is 0.588. The normalized spacial score (nSPS) is 16.8. The molecule has 1 atom stereocenters. The van der Waals surface area contributed by atoms with Crippen molar-refractivity contribution in [2.45, 2.75) is 20.0 Å². The lowest BCUT2D eigenvalue weighted by molar-refractivity contribution is -0.123. The molecule has 0 unspecified atom stereocenters. The molecule has 1 saturated heterocycles. The van der Waals surface area contributed by atoms with Crippen LogP contribution < -0.4 is 10.1 Å². The number of aliphatic hydroxyl groups excluding tert-OH is 1. The van der Waals surface area contributed by atoms with Gasteiger partial charge in [0.15, 0.2) is 6.61 Å². The van der Waals surface area contributed by atoms with E-state index in [9.17, 15) is 9.90 Å². The third-order valence-electron chi connectivity index (χ3n) is 3.67. The number of hydrogen-bond donors (Lipinski definition) is 2. The molecule has 1 amide bonds. The summed E-state index contributed by atoms with van der Waals surface area (Å²) in [6.07, 6.45) is -0.585. The van der Waals surface area contributed by atoms with Gasteiger partial charge < -0.3 is 19.9 Å². The van der Waals surface area contributed by atoms with Crippen molar-refractivity contribution in [3.8, 4) is 5.75 Å². The van der Waals surface area contributed by atoms with Gasteiger partial charge in [-0.2, -0.15) is 0 Å². The fourth-order valence-corrected chi connectivity index (χ4v) is 2.59. The van der Waals surface area contributed by atoms with Crippen LogP contribution in [0.4, 0.5) is 0 Å². The molecule has 0 spiro atoms. The van der Waals surface area contributed by atoms with Crippen LogP contribution in [0.1, 0.15) is 11.1 Å². The molecule has 0 aliphatic carbocycles. The summed E-state index contributed by atoms with van der Waals surface area (Å²) in [5.41, 5.74) is 2.20. The molecule has 1 heterocycles. The zero-order valence-electron chi connectivity index (χ0n) is 13.9. The van der Waals surface area contributed by atoms with Gasteiger partial charge in [0, 0.05) is 26.2 Å². The van der Waals surface area contributed by atoms with Crippen molar-refractivity contribution in [3.05, 3.63) is 29.3 Å². The monoisotopic (exact) mass is 322 g/mol. The van der Waals surface area contributed by atoms with Crippen LogP contribution in [0.5, 0.6) is 5.75 Å². The highest BCUT2D eigenvalue weighted by Crippen LogP contribution is 2.15. The van der Waals surface area contributed by atoms with Crippen LogP contribution in [0, 0.1) is 13.8 Å². The Morgan fingerprint density at radius 2 is 1.96 bits per heavy atom. The number of amides is 1. The van der Waals surface area contributed by atoms with Gasteiger partial charge in [-0.25, -0.2) is 0 Å². The van der Waals surface area contributed by atoms with Crippen LogP contribution >= 0.6 is 0 Å². The van der Waals surface area contributed by atoms with E-state index in [1.54, 1.807) is 0 Å². The average molecular weight is 322 g/mol. The lowest BCUT2D eigenvalue weighted by atomic mass is 10.1. The smallest absolute Gasteiger partial charge is 0.258 e. The largest absolute Gasteiger partial charge is 0.484 e. The summed E-state index contributed by atoms with van der Waals surface area (Å²) in [5.74, 6) is 0.455. The van der Waals surface area contributed by atoms with Crippen LogP contribution in [0.3, 0.4) is 0 Å². The molecule has 2 rings (SSSR count). The number of ether oxygens (including phenoxy) is 2. The van der Waals surface area contributed by atoms with Gasteiger partial charge in [0.25, 0.3) is 5.91 Å². The van der Waals surface area contributed by atoms with E-state index in [0.29, 0.717) is 25.5 Å². The highest BCUT2D eigenvalue weighted by atomic mass is 16.5. The number of benzene rings is 1. The Morgan fingerprint density at radius 3 is 2.61 bits per heavy atom. The maximum Gasteiger partial charge on any atom is 0.258 e. The first-order chi connectivity index (χ1) is 11.0. The Labute approximate surface area is 137 Å². The van der Waals surface area contributed by atoms with Crippen molar-refractivity contribution in [2.75, 3.05) is 46.0 Å². The number of carbonyl (C=O) groups excluding carboxylic acids is 1. The van der Waals surface area contributed by atoms with Gasteiger partial charge in [0.1, 0.15) is 5.75 Å². The number of hydrogen-bond acceptors (Lipinski definition) is 5. The molecule has 128 valence electrons. The minimum atomic E-state index is -0.585. The molecule has 1 aromatic carbocycles. The topological polar surface area (TPSA) is 71.0 Å². The zero-order valence-corrected chi connectivity index (χ0v) is 13.9. The third-order valence-corrected chi connectivity index (χ3v) is 3.67. The van der Waals surface area contributed by atoms with Gasteiger partial charge in [-0.3, -0.25) is 9.69 Å². The van der Waals surface area contributed by atoms with Gasteiger partial charge in [-0.1, -0.05) is 6.07 Å². The van der Waals surface area contributed by atoms with Gasteiger partial charge in [-0.05, 0) is 37.1 Å². The first kappa shape index (κ1) is 17.7. The standard InChI is InChI=1S/C17H26N2O4/c1-13-7-14(2)9-16(8-13)23-12-17(21)18-10-15(20)11-19-3-5-22-6-4-19/h7-9,15,20H,3-6,10-12H2,1-2H3,(H,18,21)/t15-/m1/s1. The molecule has 1 fully saturated rings. The van der Waals surface area contributed by atoms with Crippen molar-refractivity contribution < 1.29 is 19.4 Å².